The van der Waals surface area contributed by atoms with Crippen LogP contribution in [0.1, 0.15) is 18.5 Å². The number of hydrogen-bond donors (Lipinski definition) is 1. The third-order valence-corrected chi connectivity index (χ3v) is 4.81. The molecule has 0 radical (unpaired) electrons. The molecule has 1 N–H and O–H groups in total. The molecule has 106 valence electrons. The van der Waals surface area contributed by atoms with Gasteiger partial charge in [-0.15, -0.1) is 0 Å². The standard InChI is InChI=1S/C18H15BrClN/c1-12(21-16-8-9-17(19)18(20)11-16)14-7-6-13-4-2-3-5-15(13)10-14/h2-12,21H,1H3. The minimum absolute atomic E-state index is 0.215. The molecule has 3 heteroatoms. The van der Waals surface area contributed by atoms with E-state index in [1.54, 1.807) is 0 Å². The Labute approximate surface area is 138 Å². The largest absolute Gasteiger partial charge is 0.378 e. The Balaban J connectivity index is 1.85. The van der Waals surface area contributed by atoms with Crippen molar-refractivity contribution in [3.8, 4) is 0 Å². The molecule has 1 nitrogen and oxygen atoms in total. The van der Waals surface area contributed by atoms with Crippen LogP contribution >= 0.6 is 27.5 Å². The molecule has 0 saturated carbocycles. The van der Waals surface area contributed by atoms with E-state index in [-0.39, 0.29) is 6.04 Å². The van der Waals surface area contributed by atoms with Crippen LogP contribution < -0.4 is 5.32 Å². The van der Waals surface area contributed by atoms with Crippen LogP contribution in [0.15, 0.2) is 65.1 Å². The minimum Gasteiger partial charge on any atom is -0.378 e. The fourth-order valence-electron chi connectivity index (χ4n) is 2.40. The second kappa shape index (κ2) is 6.08. The van der Waals surface area contributed by atoms with Gasteiger partial charge in [-0.1, -0.05) is 48.0 Å². The van der Waals surface area contributed by atoms with Crippen LogP contribution in [0.3, 0.4) is 0 Å². The van der Waals surface area contributed by atoms with Gasteiger partial charge in [0.05, 0.1) is 5.02 Å². The molecule has 0 heterocycles. The third kappa shape index (κ3) is 3.22. The smallest absolute Gasteiger partial charge is 0.0568 e. The van der Waals surface area contributed by atoms with Gasteiger partial charge in [-0.3, -0.25) is 0 Å². The zero-order chi connectivity index (χ0) is 14.8. The van der Waals surface area contributed by atoms with E-state index in [0.29, 0.717) is 5.02 Å². The molecule has 0 aliphatic heterocycles. The Kier molecular flexibility index (Phi) is 4.18. The first kappa shape index (κ1) is 14.4. The van der Waals surface area contributed by atoms with Crippen molar-refractivity contribution in [1.82, 2.24) is 0 Å². The monoisotopic (exact) mass is 359 g/mol. The number of rotatable bonds is 3. The Hall–Kier alpha value is -1.51. The van der Waals surface area contributed by atoms with Crippen molar-refractivity contribution in [2.24, 2.45) is 0 Å². The molecule has 0 amide bonds. The number of nitrogens with one attached hydrogen (secondary N) is 1. The van der Waals surface area contributed by atoms with E-state index in [1.807, 2.05) is 18.2 Å². The van der Waals surface area contributed by atoms with Gasteiger partial charge in [0, 0.05) is 16.2 Å². The van der Waals surface area contributed by atoms with Crippen molar-refractivity contribution in [2.45, 2.75) is 13.0 Å². The molecule has 0 aromatic heterocycles. The van der Waals surface area contributed by atoms with Crippen molar-refractivity contribution in [3.63, 3.8) is 0 Å². The molecular formula is C18H15BrClN. The van der Waals surface area contributed by atoms with Crippen molar-refractivity contribution in [3.05, 3.63) is 75.7 Å². The van der Waals surface area contributed by atoms with Crippen LogP contribution in [0.5, 0.6) is 0 Å². The number of benzene rings is 3. The summed E-state index contributed by atoms with van der Waals surface area (Å²) < 4.78 is 0.910. The molecule has 1 atom stereocenters. The van der Waals surface area contributed by atoms with Crippen molar-refractivity contribution < 1.29 is 0 Å². The molecule has 3 rings (SSSR count). The summed E-state index contributed by atoms with van der Waals surface area (Å²) in [6, 6.07) is 21.1. The van der Waals surface area contributed by atoms with Gasteiger partial charge in [0.15, 0.2) is 0 Å². The summed E-state index contributed by atoms with van der Waals surface area (Å²) in [6.07, 6.45) is 0. The fraction of sp³-hybridized carbons (Fsp3) is 0.111. The predicted molar refractivity (Wildman–Crippen MR) is 95.1 cm³/mol. The second-order valence-corrected chi connectivity index (χ2v) is 6.36. The highest BCUT2D eigenvalue weighted by Gasteiger charge is 2.07. The molecule has 0 aliphatic rings. The zero-order valence-corrected chi connectivity index (χ0v) is 13.9. The molecule has 0 fully saturated rings. The maximum Gasteiger partial charge on any atom is 0.0568 e. The molecule has 0 saturated heterocycles. The molecule has 3 aromatic rings. The molecular weight excluding hydrogens is 346 g/mol. The number of anilines is 1. The number of hydrogen-bond acceptors (Lipinski definition) is 1. The lowest BCUT2D eigenvalue weighted by molar-refractivity contribution is 0.887. The maximum absolute atomic E-state index is 6.13. The van der Waals surface area contributed by atoms with Gasteiger partial charge in [-0.25, -0.2) is 0 Å². The van der Waals surface area contributed by atoms with Gasteiger partial charge >= 0.3 is 0 Å². The Bertz CT molecular complexity index is 785. The first-order valence-corrected chi connectivity index (χ1v) is 8.01. The summed E-state index contributed by atoms with van der Waals surface area (Å²) in [5, 5.41) is 6.72. The average molecular weight is 361 g/mol. The lowest BCUT2D eigenvalue weighted by Crippen LogP contribution is -2.06. The first-order valence-electron chi connectivity index (χ1n) is 6.84. The minimum atomic E-state index is 0.215. The molecule has 0 aliphatic carbocycles. The molecule has 21 heavy (non-hydrogen) atoms. The summed E-state index contributed by atoms with van der Waals surface area (Å²) in [7, 11) is 0. The molecule has 3 aromatic carbocycles. The molecule has 1 unspecified atom stereocenters. The van der Waals surface area contributed by atoms with E-state index in [1.165, 1.54) is 16.3 Å². The van der Waals surface area contributed by atoms with Gasteiger partial charge < -0.3 is 5.32 Å². The SMILES string of the molecule is CC(Nc1ccc(Br)c(Cl)c1)c1ccc2ccccc2c1. The van der Waals surface area contributed by atoms with Crippen molar-refractivity contribution in [2.75, 3.05) is 5.32 Å². The molecule has 0 bridgehead atoms. The Morgan fingerprint density at radius 1 is 0.952 bits per heavy atom. The Morgan fingerprint density at radius 3 is 2.48 bits per heavy atom. The summed E-state index contributed by atoms with van der Waals surface area (Å²) >= 11 is 9.54. The van der Waals surface area contributed by atoms with Gasteiger partial charge in [0.2, 0.25) is 0 Å². The quantitative estimate of drug-likeness (QED) is 0.567. The predicted octanol–water partition coefficient (Wildman–Crippen LogP) is 6.43. The van der Waals surface area contributed by atoms with Crippen LogP contribution in [0.25, 0.3) is 10.8 Å². The van der Waals surface area contributed by atoms with Crippen LogP contribution in [-0.2, 0) is 0 Å². The fourth-order valence-corrected chi connectivity index (χ4v) is 2.82. The van der Waals surface area contributed by atoms with Gasteiger partial charge in [-0.2, -0.15) is 0 Å². The average Bonchev–Trinajstić information content (AvgIpc) is 2.50. The van der Waals surface area contributed by atoms with Gasteiger partial charge in [0.25, 0.3) is 0 Å². The second-order valence-electron chi connectivity index (χ2n) is 5.10. The molecule has 0 spiro atoms. The highest BCUT2D eigenvalue weighted by molar-refractivity contribution is 9.10. The third-order valence-electron chi connectivity index (χ3n) is 3.58. The maximum atomic E-state index is 6.13. The normalized spacial score (nSPS) is 12.3. The summed E-state index contributed by atoms with van der Waals surface area (Å²) in [6.45, 7) is 2.15. The van der Waals surface area contributed by atoms with E-state index in [9.17, 15) is 0 Å². The van der Waals surface area contributed by atoms with Crippen LogP contribution in [0.4, 0.5) is 5.69 Å². The Morgan fingerprint density at radius 2 is 1.71 bits per heavy atom. The van der Waals surface area contributed by atoms with Crippen LogP contribution in [0.2, 0.25) is 5.02 Å². The van der Waals surface area contributed by atoms with E-state index >= 15 is 0 Å². The summed E-state index contributed by atoms with van der Waals surface area (Å²) in [5.74, 6) is 0. The highest BCUT2D eigenvalue weighted by atomic mass is 79.9. The van der Waals surface area contributed by atoms with Crippen molar-refractivity contribution >= 4 is 44.0 Å². The van der Waals surface area contributed by atoms with Crippen LogP contribution in [-0.4, -0.2) is 0 Å². The van der Waals surface area contributed by atoms with Crippen molar-refractivity contribution in [1.29, 1.82) is 0 Å². The van der Waals surface area contributed by atoms with E-state index in [0.717, 1.165) is 10.2 Å². The van der Waals surface area contributed by atoms with Gasteiger partial charge in [0.1, 0.15) is 0 Å². The first-order chi connectivity index (χ1) is 10.1. The highest BCUT2D eigenvalue weighted by Crippen LogP contribution is 2.28. The topological polar surface area (TPSA) is 12.0 Å². The number of fused-ring (bicyclic) bond motifs is 1. The summed E-state index contributed by atoms with van der Waals surface area (Å²) in [5.41, 5.74) is 2.27. The lowest BCUT2D eigenvalue weighted by Gasteiger charge is -2.17. The number of halogens is 2. The van der Waals surface area contributed by atoms with Gasteiger partial charge in [-0.05, 0) is 63.5 Å². The summed E-state index contributed by atoms with van der Waals surface area (Å²) in [4.78, 5) is 0. The lowest BCUT2D eigenvalue weighted by atomic mass is 10.0. The zero-order valence-electron chi connectivity index (χ0n) is 11.6. The van der Waals surface area contributed by atoms with E-state index in [4.69, 9.17) is 11.6 Å². The van der Waals surface area contributed by atoms with E-state index < -0.39 is 0 Å². The van der Waals surface area contributed by atoms with Crippen LogP contribution in [0, 0.1) is 0 Å². The van der Waals surface area contributed by atoms with E-state index in [2.05, 4.69) is 70.6 Å².